The number of hydrogen-bond donors (Lipinski definition) is 0. The molecule has 5 nitrogen and oxygen atoms in total. The van der Waals surface area contributed by atoms with Crippen LogP contribution in [0.15, 0.2) is 6.20 Å². The van der Waals surface area contributed by atoms with Gasteiger partial charge < -0.3 is 4.90 Å². The number of likely N-dealkylation sites (N-methyl/N-ethyl adjacent to an activating group) is 1. The predicted molar refractivity (Wildman–Crippen MR) is 64.4 cm³/mol. The molecule has 1 aromatic rings. The monoisotopic (exact) mass is 236 g/mol. The molecule has 1 saturated carbocycles. The van der Waals surface area contributed by atoms with Crippen LogP contribution in [-0.2, 0) is 11.3 Å². The molecule has 0 N–H and O–H groups in total. The highest BCUT2D eigenvalue weighted by molar-refractivity contribution is 5.76. The number of rotatable bonds is 3. The number of carbonyl (C=O) groups is 1. The van der Waals surface area contributed by atoms with Crippen LogP contribution < -0.4 is 0 Å². The maximum Gasteiger partial charge on any atom is 0.244 e. The Labute approximate surface area is 102 Å². The Bertz CT molecular complexity index is 382. The van der Waals surface area contributed by atoms with Crippen molar-refractivity contribution in [2.45, 2.75) is 51.6 Å². The van der Waals surface area contributed by atoms with E-state index in [0.29, 0.717) is 12.6 Å². The molecule has 1 aliphatic rings. The van der Waals surface area contributed by atoms with Crippen LogP contribution in [0.1, 0.15) is 37.8 Å². The van der Waals surface area contributed by atoms with Crippen LogP contribution in [0.2, 0.25) is 0 Å². The second kappa shape index (κ2) is 5.29. The number of carbonyl (C=O) groups excluding carboxylic acids is 1. The van der Waals surface area contributed by atoms with E-state index in [1.807, 2.05) is 18.9 Å². The van der Waals surface area contributed by atoms with Crippen LogP contribution in [0.4, 0.5) is 0 Å². The standard InChI is InChI=1S/C12H20N4O/c1-10-8-13-14-16(10)9-12(17)15(2)11-6-4-3-5-7-11/h8,11H,3-7,9H2,1-2H3. The van der Waals surface area contributed by atoms with Gasteiger partial charge in [0.15, 0.2) is 0 Å². The Morgan fingerprint density at radius 2 is 2.18 bits per heavy atom. The third kappa shape index (κ3) is 2.84. The van der Waals surface area contributed by atoms with E-state index in [1.54, 1.807) is 10.9 Å². The third-order valence-electron chi connectivity index (χ3n) is 3.61. The fraction of sp³-hybridized carbons (Fsp3) is 0.750. The fourth-order valence-corrected chi connectivity index (χ4v) is 2.38. The molecule has 0 aliphatic heterocycles. The minimum atomic E-state index is 0.130. The lowest BCUT2D eigenvalue weighted by Gasteiger charge is -2.31. The minimum Gasteiger partial charge on any atom is -0.341 e. The summed E-state index contributed by atoms with van der Waals surface area (Å²) >= 11 is 0. The van der Waals surface area contributed by atoms with Crippen molar-refractivity contribution in [3.05, 3.63) is 11.9 Å². The molecule has 0 spiro atoms. The molecule has 17 heavy (non-hydrogen) atoms. The number of hydrogen-bond acceptors (Lipinski definition) is 3. The van der Waals surface area contributed by atoms with E-state index in [0.717, 1.165) is 18.5 Å². The van der Waals surface area contributed by atoms with Gasteiger partial charge in [0.25, 0.3) is 0 Å². The summed E-state index contributed by atoms with van der Waals surface area (Å²) in [5.74, 6) is 0.130. The number of nitrogens with zero attached hydrogens (tertiary/aromatic N) is 4. The van der Waals surface area contributed by atoms with E-state index >= 15 is 0 Å². The average Bonchev–Trinajstić information content (AvgIpc) is 2.75. The summed E-state index contributed by atoms with van der Waals surface area (Å²) in [6, 6.07) is 0.417. The Balaban J connectivity index is 1.93. The van der Waals surface area contributed by atoms with Crippen molar-refractivity contribution in [3.63, 3.8) is 0 Å². The lowest BCUT2D eigenvalue weighted by atomic mass is 9.94. The van der Waals surface area contributed by atoms with Gasteiger partial charge in [-0.3, -0.25) is 4.79 Å². The van der Waals surface area contributed by atoms with Crippen molar-refractivity contribution in [2.75, 3.05) is 7.05 Å². The highest BCUT2D eigenvalue weighted by atomic mass is 16.2. The van der Waals surface area contributed by atoms with Crippen molar-refractivity contribution in [1.29, 1.82) is 0 Å². The quantitative estimate of drug-likeness (QED) is 0.796. The average molecular weight is 236 g/mol. The summed E-state index contributed by atoms with van der Waals surface area (Å²) in [5.41, 5.74) is 0.926. The zero-order valence-corrected chi connectivity index (χ0v) is 10.6. The number of aryl methyl sites for hydroxylation is 1. The predicted octanol–water partition coefficient (Wildman–Crippen LogP) is 1.38. The van der Waals surface area contributed by atoms with Gasteiger partial charge in [-0.15, -0.1) is 5.10 Å². The molecular weight excluding hydrogens is 216 g/mol. The molecule has 0 bridgehead atoms. The molecule has 1 fully saturated rings. The van der Waals surface area contributed by atoms with E-state index in [9.17, 15) is 4.79 Å². The summed E-state index contributed by atoms with van der Waals surface area (Å²) in [6.07, 6.45) is 7.74. The Morgan fingerprint density at radius 3 is 2.76 bits per heavy atom. The molecule has 94 valence electrons. The molecule has 5 heteroatoms. The van der Waals surface area contributed by atoms with Crippen LogP contribution in [0.25, 0.3) is 0 Å². The molecule has 1 aromatic heterocycles. The first-order valence-corrected chi connectivity index (χ1v) is 6.29. The van der Waals surface area contributed by atoms with Crippen LogP contribution in [-0.4, -0.2) is 38.9 Å². The maximum atomic E-state index is 12.1. The topological polar surface area (TPSA) is 51.0 Å². The van der Waals surface area contributed by atoms with Gasteiger partial charge in [0.2, 0.25) is 5.91 Å². The highest BCUT2D eigenvalue weighted by Gasteiger charge is 2.22. The normalized spacial score (nSPS) is 17.1. The molecule has 1 aliphatic carbocycles. The largest absolute Gasteiger partial charge is 0.341 e. The van der Waals surface area contributed by atoms with E-state index < -0.39 is 0 Å². The van der Waals surface area contributed by atoms with Gasteiger partial charge in [-0.05, 0) is 19.8 Å². The number of aromatic nitrogens is 3. The van der Waals surface area contributed by atoms with Crippen LogP contribution >= 0.6 is 0 Å². The summed E-state index contributed by atoms with van der Waals surface area (Å²) in [5, 5.41) is 7.69. The fourth-order valence-electron chi connectivity index (χ4n) is 2.38. The number of amides is 1. The van der Waals surface area contributed by atoms with Crippen molar-refractivity contribution < 1.29 is 4.79 Å². The van der Waals surface area contributed by atoms with Gasteiger partial charge in [0.1, 0.15) is 6.54 Å². The van der Waals surface area contributed by atoms with Crippen LogP contribution in [0, 0.1) is 6.92 Å². The van der Waals surface area contributed by atoms with Gasteiger partial charge in [0.05, 0.1) is 11.9 Å². The van der Waals surface area contributed by atoms with Gasteiger partial charge >= 0.3 is 0 Å². The molecule has 1 amide bonds. The van der Waals surface area contributed by atoms with Crippen molar-refractivity contribution in [3.8, 4) is 0 Å². The summed E-state index contributed by atoms with van der Waals surface area (Å²) < 4.78 is 1.65. The van der Waals surface area contributed by atoms with Crippen molar-refractivity contribution >= 4 is 5.91 Å². The minimum absolute atomic E-state index is 0.130. The highest BCUT2D eigenvalue weighted by Crippen LogP contribution is 2.21. The second-order valence-electron chi connectivity index (χ2n) is 4.83. The summed E-state index contributed by atoms with van der Waals surface area (Å²) in [6.45, 7) is 2.22. The van der Waals surface area contributed by atoms with Crippen molar-refractivity contribution in [1.82, 2.24) is 19.9 Å². The zero-order chi connectivity index (χ0) is 12.3. The first-order chi connectivity index (χ1) is 8.18. The SMILES string of the molecule is Cc1cnnn1CC(=O)N(C)C1CCCCC1. The van der Waals surface area contributed by atoms with E-state index in [1.165, 1.54) is 19.3 Å². The second-order valence-corrected chi connectivity index (χ2v) is 4.83. The Kier molecular flexibility index (Phi) is 3.76. The smallest absolute Gasteiger partial charge is 0.244 e. The zero-order valence-electron chi connectivity index (χ0n) is 10.6. The molecule has 2 rings (SSSR count). The molecule has 0 aromatic carbocycles. The first-order valence-electron chi connectivity index (χ1n) is 6.29. The Morgan fingerprint density at radius 1 is 1.47 bits per heavy atom. The summed E-state index contributed by atoms with van der Waals surface area (Å²) in [7, 11) is 1.91. The molecule has 1 heterocycles. The van der Waals surface area contributed by atoms with E-state index in [2.05, 4.69) is 10.3 Å². The third-order valence-corrected chi connectivity index (χ3v) is 3.61. The lowest BCUT2D eigenvalue weighted by molar-refractivity contribution is -0.133. The molecule has 0 unspecified atom stereocenters. The van der Waals surface area contributed by atoms with Gasteiger partial charge in [-0.25, -0.2) is 4.68 Å². The Hall–Kier alpha value is -1.39. The van der Waals surface area contributed by atoms with E-state index in [-0.39, 0.29) is 5.91 Å². The van der Waals surface area contributed by atoms with Crippen LogP contribution in [0.5, 0.6) is 0 Å². The molecule has 0 radical (unpaired) electrons. The van der Waals surface area contributed by atoms with Crippen molar-refractivity contribution in [2.24, 2.45) is 0 Å². The maximum absolute atomic E-state index is 12.1. The first kappa shape index (κ1) is 12.1. The van der Waals surface area contributed by atoms with E-state index in [4.69, 9.17) is 0 Å². The summed E-state index contributed by atoms with van der Waals surface area (Å²) in [4.78, 5) is 14.0. The molecule has 0 atom stereocenters. The van der Waals surface area contributed by atoms with Gasteiger partial charge in [0, 0.05) is 13.1 Å². The molecule has 0 saturated heterocycles. The van der Waals surface area contributed by atoms with Gasteiger partial charge in [-0.1, -0.05) is 24.5 Å². The van der Waals surface area contributed by atoms with Gasteiger partial charge in [-0.2, -0.15) is 0 Å². The molecular formula is C12H20N4O. The van der Waals surface area contributed by atoms with Crippen LogP contribution in [0.3, 0.4) is 0 Å². The lowest BCUT2D eigenvalue weighted by Crippen LogP contribution is -2.40.